The first-order valence-corrected chi connectivity index (χ1v) is 11.5. The van der Waals surface area contributed by atoms with E-state index in [4.69, 9.17) is 5.14 Å². The SMILES string of the molecule is CN1C(=O)C(NC(=O)Nc2cccc(S(N)(=O)=O)c2)N=C(c2ccccc2)c2ccccc21. The highest BCUT2D eigenvalue weighted by atomic mass is 32.2. The first-order valence-electron chi connectivity index (χ1n) is 9.94. The largest absolute Gasteiger partial charge is 0.321 e. The number of primary sulfonamides is 1. The molecule has 4 rings (SSSR count). The number of carbonyl (C=O) groups is 2. The molecule has 1 aliphatic heterocycles. The first-order chi connectivity index (χ1) is 15.7. The third kappa shape index (κ3) is 4.76. The van der Waals surface area contributed by atoms with Crippen molar-refractivity contribution in [3.8, 4) is 0 Å². The van der Waals surface area contributed by atoms with Crippen molar-refractivity contribution in [2.75, 3.05) is 17.3 Å². The van der Waals surface area contributed by atoms with Crippen LogP contribution in [-0.2, 0) is 14.8 Å². The Labute approximate surface area is 191 Å². The molecule has 9 nitrogen and oxygen atoms in total. The van der Waals surface area contributed by atoms with E-state index in [-0.39, 0.29) is 10.6 Å². The summed E-state index contributed by atoms with van der Waals surface area (Å²) in [5, 5.41) is 10.2. The Balaban J connectivity index is 1.66. The number of anilines is 2. The lowest BCUT2D eigenvalue weighted by Crippen LogP contribution is -2.47. The van der Waals surface area contributed by atoms with E-state index in [0.29, 0.717) is 11.4 Å². The summed E-state index contributed by atoms with van der Waals surface area (Å²) in [6.07, 6.45) is -1.21. The zero-order chi connectivity index (χ0) is 23.6. The van der Waals surface area contributed by atoms with Gasteiger partial charge in [0.2, 0.25) is 16.2 Å². The average Bonchev–Trinajstić information content (AvgIpc) is 2.90. The van der Waals surface area contributed by atoms with Gasteiger partial charge in [0.15, 0.2) is 0 Å². The van der Waals surface area contributed by atoms with Crippen molar-refractivity contribution < 1.29 is 18.0 Å². The number of carbonyl (C=O) groups excluding carboxylic acids is 2. The monoisotopic (exact) mass is 463 g/mol. The predicted molar refractivity (Wildman–Crippen MR) is 126 cm³/mol. The molecule has 0 aromatic heterocycles. The molecular formula is C23H21N5O4S. The van der Waals surface area contributed by atoms with Crippen LogP contribution in [0.4, 0.5) is 16.2 Å². The van der Waals surface area contributed by atoms with Gasteiger partial charge < -0.3 is 15.5 Å². The number of rotatable bonds is 4. The molecule has 4 N–H and O–H groups in total. The fourth-order valence-electron chi connectivity index (χ4n) is 3.48. The molecule has 1 unspecified atom stereocenters. The van der Waals surface area contributed by atoms with Gasteiger partial charge in [0.05, 0.1) is 16.3 Å². The van der Waals surface area contributed by atoms with Gasteiger partial charge in [-0.2, -0.15) is 0 Å². The summed E-state index contributed by atoms with van der Waals surface area (Å²) < 4.78 is 23.1. The van der Waals surface area contributed by atoms with Gasteiger partial charge in [-0.3, -0.25) is 4.79 Å². The Morgan fingerprint density at radius 1 is 1.00 bits per heavy atom. The molecule has 0 fully saturated rings. The lowest BCUT2D eigenvalue weighted by Gasteiger charge is -2.21. The number of benzene rings is 3. The second-order valence-corrected chi connectivity index (χ2v) is 8.89. The van der Waals surface area contributed by atoms with Crippen LogP contribution < -0.4 is 20.7 Å². The maximum Gasteiger partial charge on any atom is 0.321 e. The van der Waals surface area contributed by atoms with Gasteiger partial charge in [-0.15, -0.1) is 0 Å². The number of nitrogens with one attached hydrogen (secondary N) is 2. The smallest absolute Gasteiger partial charge is 0.311 e. The predicted octanol–water partition coefficient (Wildman–Crippen LogP) is 2.30. The number of sulfonamides is 1. The maximum absolute atomic E-state index is 13.1. The highest BCUT2D eigenvalue weighted by Crippen LogP contribution is 2.27. The van der Waals surface area contributed by atoms with Gasteiger partial charge >= 0.3 is 6.03 Å². The van der Waals surface area contributed by atoms with Crippen LogP contribution in [0, 0.1) is 0 Å². The minimum absolute atomic E-state index is 0.148. The lowest BCUT2D eigenvalue weighted by atomic mass is 10.0. The molecule has 0 saturated carbocycles. The normalized spacial score (nSPS) is 15.8. The molecule has 1 heterocycles. The Kier molecular flexibility index (Phi) is 5.95. The summed E-state index contributed by atoms with van der Waals surface area (Å²) in [6.45, 7) is 0. The molecule has 3 amide bonds. The molecule has 1 aliphatic rings. The first kappa shape index (κ1) is 22.2. The van der Waals surface area contributed by atoms with Crippen molar-refractivity contribution >= 4 is 39.0 Å². The fraction of sp³-hybridized carbons (Fsp3) is 0.0870. The van der Waals surface area contributed by atoms with E-state index in [1.165, 1.54) is 29.2 Å². The van der Waals surface area contributed by atoms with E-state index in [2.05, 4.69) is 15.6 Å². The van der Waals surface area contributed by atoms with Crippen molar-refractivity contribution in [3.63, 3.8) is 0 Å². The van der Waals surface area contributed by atoms with Crippen LogP contribution >= 0.6 is 0 Å². The van der Waals surface area contributed by atoms with Crippen molar-refractivity contribution in [1.82, 2.24) is 5.32 Å². The van der Waals surface area contributed by atoms with Gasteiger partial charge in [0.1, 0.15) is 0 Å². The molecule has 0 aliphatic carbocycles. The van der Waals surface area contributed by atoms with Gasteiger partial charge in [-0.05, 0) is 24.3 Å². The number of urea groups is 1. The third-order valence-electron chi connectivity index (χ3n) is 5.08. The van der Waals surface area contributed by atoms with Gasteiger partial charge in [0, 0.05) is 23.9 Å². The van der Waals surface area contributed by atoms with Crippen LogP contribution in [0.5, 0.6) is 0 Å². The summed E-state index contributed by atoms with van der Waals surface area (Å²) in [7, 11) is -2.31. The summed E-state index contributed by atoms with van der Waals surface area (Å²) in [5.41, 5.74) is 2.97. The fourth-order valence-corrected chi connectivity index (χ4v) is 4.04. The molecule has 1 atom stereocenters. The van der Waals surface area contributed by atoms with Crippen LogP contribution in [0.1, 0.15) is 11.1 Å². The zero-order valence-corrected chi connectivity index (χ0v) is 18.4. The minimum Gasteiger partial charge on any atom is -0.311 e. The molecule has 168 valence electrons. The molecular weight excluding hydrogens is 442 g/mol. The van der Waals surface area contributed by atoms with Crippen molar-refractivity contribution in [2.45, 2.75) is 11.1 Å². The van der Waals surface area contributed by atoms with Gasteiger partial charge in [-0.1, -0.05) is 54.6 Å². The Hall–Kier alpha value is -4.02. The standard InChI is InChI=1S/C23H21N5O4S/c1-28-19-13-6-5-12-18(19)20(15-8-3-2-4-9-15)26-21(22(28)29)27-23(30)25-16-10-7-11-17(14-16)33(24,31)32/h2-14,21H,1H3,(H2,24,31,32)(H2,25,27,30). The molecule has 0 radical (unpaired) electrons. The van der Waals surface area contributed by atoms with Crippen molar-refractivity contribution in [2.24, 2.45) is 10.1 Å². The summed E-state index contributed by atoms with van der Waals surface area (Å²) in [5.74, 6) is -0.429. The number of benzodiazepines with no additional fused rings is 1. The van der Waals surface area contributed by atoms with E-state index < -0.39 is 28.1 Å². The van der Waals surface area contributed by atoms with E-state index in [9.17, 15) is 18.0 Å². The average molecular weight is 464 g/mol. The number of fused-ring (bicyclic) bond motifs is 1. The van der Waals surface area contributed by atoms with Crippen LogP contribution in [0.3, 0.4) is 0 Å². The molecule has 33 heavy (non-hydrogen) atoms. The quantitative estimate of drug-likeness (QED) is 0.547. The maximum atomic E-state index is 13.1. The van der Waals surface area contributed by atoms with Gasteiger partial charge in [-0.25, -0.2) is 23.3 Å². The summed E-state index contributed by atoms with van der Waals surface area (Å²) >= 11 is 0. The number of aliphatic imine (C=N–C) groups is 1. The van der Waals surface area contributed by atoms with Crippen LogP contribution in [0.25, 0.3) is 0 Å². The lowest BCUT2D eigenvalue weighted by molar-refractivity contribution is -0.119. The second kappa shape index (κ2) is 8.85. The van der Waals surface area contributed by atoms with E-state index in [1.54, 1.807) is 7.05 Å². The van der Waals surface area contributed by atoms with Crippen LogP contribution in [0.2, 0.25) is 0 Å². The molecule has 0 spiro atoms. The second-order valence-electron chi connectivity index (χ2n) is 7.33. The molecule has 10 heteroatoms. The van der Waals surface area contributed by atoms with Crippen molar-refractivity contribution in [1.29, 1.82) is 0 Å². The number of amides is 3. The Morgan fingerprint density at radius 2 is 1.70 bits per heavy atom. The third-order valence-corrected chi connectivity index (χ3v) is 5.99. The zero-order valence-electron chi connectivity index (χ0n) is 17.6. The Bertz CT molecular complexity index is 1360. The van der Waals surface area contributed by atoms with E-state index in [1.807, 2.05) is 54.6 Å². The topological polar surface area (TPSA) is 134 Å². The van der Waals surface area contributed by atoms with Crippen molar-refractivity contribution in [3.05, 3.63) is 90.0 Å². The van der Waals surface area contributed by atoms with E-state index >= 15 is 0 Å². The minimum atomic E-state index is -3.93. The van der Waals surface area contributed by atoms with Crippen LogP contribution in [-0.4, -0.2) is 39.3 Å². The summed E-state index contributed by atoms with van der Waals surface area (Å²) in [6, 6.07) is 21.5. The number of para-hydroxylation sites is 1. The Morgan fingerprint density at radius 3 is 2.42 bits per heavy atom. The molecule has 0 saturated heterocycles. The highest BCUT2D eigenvalue weighted by molar-refractivity contribution is 7.89. The molecule has 0 bridgehead atoms. The van der Waals surface area contributed by atoms with Crippen LogP contribution in [0.15, 0.2) is 88.8 Å². The molecule has 3 aromatic rings. The number of hydrogen-bond donors (Lipinski definition) is 3. The van der Waals surface area contributed by atoms with E-state index in [0.717, 1.165) is 11.1 Å². The number of likely N-dealkylation sites (N-methyl/N-ethyl adjacent to an activating group) is 1. The number of hydrogen-bond acceptors (Lipinski definition) is 5. The summed E-state index contributed by atoms with van der Waals surface area (Å²) in [4.78, 5) is 31.7. The highest BCUT2D eigenvalue weighted by Gasteiger charge is 2.31. The van der Waals surface area contributed by atoms with Gasteiger partial charge in [0.25, 0.3) is 5.91 Å². The molecule has 3 aromatic carbocycles. The number of nitrogens with two attached hydrogens (primary N) is 1. The number of nitrogens with zero attached hydrogens (tertiary/aromatic N) is 2.